The molecule has 60 heavy (non-hydrogen) atoms. The number of hydrogen-bond donors (Lipinski definition) is 6. The van der Waals surface area contributed by atoms with E-state index in [-0.39, 0.29) is 37.5 Å². The highest BCUT2D eigenvalue weighted by Crippen LogP contribution is 2.14. The van der Waals surface area contributed by atoms with E-state index < -0.39 is 85.0 Å². The number of nitrogens with one attached hydrogen (secondary N) is 5. The predicted molar refractivity (Wildman–Crippen MR) is 218 cm³/mol. The standard InChI is InChI=1S/C43H55N5O12/c1-27(2)21-34(48-41(55)57-25-31-15-11-8-12-16-31)39(53)58-26-59-42(56)47-33(22-30-17-19-32(49)20-18-30)38(52)45-28(3)37(51)44-24-36(50)46-35(40(54)60-43(4,5)6)23-29-13-9-7-10-14-29/h7-20,27-28,33-35,49H,21-26H2,1-6H3,(H,44,51)(H,45,52)(H,46,50)(H,47,56)(H,48,55)/t28-,33+,34-,35+/m1/s1. The van der Waals surface area contributed by atoms with Crippen molar-refractivity contribution >= 4 is 41.8 Å². The van der Waals surface area contributed by atoms with Gasteiger partial charge in [0.05, 0.1) is 6.54 Å². The van der Waals surface area contributed by atoms with E-state index in [2.05, 4.69) is 26.6 Å². The third-order valence-corrected chi connectivity index (χ3v) is 8.36. The van der Waals surface area contributed by atoms with Crippen LogP contribution >= 0.6 is 0 Å². The fourth-order valence-corrected chi connectivity index (χ4v) is 5.46. The number of benzene rings is 3. The second-order valence-electron chi connectivity index (χ2n) is 15.3. The Morgan fingerprint density at radius 1 is 0.600 bits per heavy atom. The summed E-state index contributed by atoms with van der Waals surface area (Å²) >= 11 is 0. The summed E-state index contributed by atoms with van der Waals surface area (Å²) in [6.45, 7) is 8.71. The summed E-state index contributed by atoms with van der Waals surface area (Å²) in [5.41, 5.74) is 1.23. The quantitative estimate of drug-likeness (QED) is 0.0545. The molecule has 324 valence electrons. The van der Waals surface area contributed by atoms with E-state index in [1.807, 2.05) is 26.0 Å². The van der Waals surface area contributed by atoms with E-state index in [0.717, 1.165) is 11.1 Å². The van der Waals surface area contributed by atoms with E-state index in [4.69, 9.17) is 18.9 Å². The van der Waals surface area contributed by atoms with Crippen LogP contribution in [-0.2, 0) is 62.4 Å². The Morgan fingerprint density at radius 3 is 1.75 bits per heavy atom. The Bertz CT molecular complexity index is 1890. The molecule has 0 unspecified atom stereocenters. The van der Waals surface area contributed by atoms with Crippen molar-refractivity contribution in [1.82, 2.24) is 26.6 Å². The molecule has 0 spiro atoms. The maximum absolute atomic E-state index is 13.5. The molecule has 4 atom stereocenters. The van der Waals surface area contributed by atoms with Crippen LogP contribution in [0, 0.1) is 5.92 Å². The van der Waals surface area contributed by atoms with E-state index >= 15 is 0 Å². The van der Waals surface area contributed by atoms with Gasteiger partial charge in [-0.3, -0.25) is 14.4 Å². The number of phenols is 1. The van der Waals surface area contributed by atoms with Gasteiger partial charge >= 0.3 is 24.1 Å². The number of aromatic hydroxyl groups is 1. The molecule has 3 aromatic carbocycles. The van der Waals surface area contributed by atoms with E-state index in [9.17, 15) is 38.7 Å². The second-order valence-corrected chi connectivity index (χ2v) is 15.3. The van der Waals surface area contributed by atoms with Gasteiger partial charge in [-0.05, 0) is 68.9 Å². The largest absolute Gasteiger partial charge is 0.508 e. The number of hydrogen-bond acceptors (Lipinski definition) is 12. The third kappa shape index (κ3) is 18.3. The van der Waals surface area contributed by atoms with Crippen LogP contribution in [0.5, 0.6) is 5.75 Å². The van der Waals surface area contributed by atoms with E-state index in [1.54, 1.807) is 69.3 Å². The van der Waals surface area contributed by atoms with Crippen LogP contribution in [-0.4, -0.2) is 90.1 Å². The highest BCUT2D eigenvalue weighted by molar-refractivity contribution is 5.93. The molecule has 3 aromatic rings. The summed E-state index contributed by atoms with van der Waals surface area (Å²) in [5, 5.41) is 22.1. The fourth-order valence-electron chi connectivity index (χ4n) is 5.46. The van der Waals surface area contributed by atoms with Crippen LogP contribution in [0.3, 0.4) is 0 Å². The number of carbonyl (C=O) groups is 7. The first-order valence-corrected chi connectivity index (χ1v) is 19.4. The summed E-state index contributed by atoms with van der Waals surface area (Å²) in [6, 6.07) is 19.1. The SMILES string of the molecule is CC(C)C[C@@H](NC(=O)OCc1ccccc1)C(=O)OCOC(=O)N[C@@H](Cc1ccc(O)cc1)C(=O)N[C@H](C)C(=O)NCC(=O)N[C@@H](Cc1ccccc1)C(=O)OC(C)(C)C. The molecule has 0 aromatic heterocycles. The Balaban J connectivity index is 1.56. The maximum Gasteiger partial charge on any atom is 0.410 e. The van der Waals surface area contributed by atoms with E-state index in [0.29, 0.717) is 5.56 Å². The minimum atomic E-state index is -1.33. The first kappa shape index (κ1) is 47.7. The van der Waals surface area contributed by atoms with Gasteiger partial charge in [0.25, 0.3) is 0 Å². The summed E-state index contributed by atoms with van der Waals surface area (Å²) in [5.74, 6) is -3.86. The topological polar surface area (TPSA) is 237 Å². The maximum atomic E-state index is 13.5. The van der Waals surface area contributed by atoms with Gasteiger partial charge in [-0.1, -0.05) is 86.6 Å². The Kier molecular flexibility index (Phi) is 18.8. The fraction of sp³-hybridized carbons (Fsp3) is 0.419. The van der Waals surface area contributed by atoms with Crippen molar-refractivity contribution in [2.75, 3.05) is 13.3 Å². The number of alkyl carbamates (subject to hydrolysis) is 2. The minimum Gasteiger partial charge on any atom is -0.508 e. The molecule has 0 fully saturated rings. The Labute approximate surface area is 349 Å². The Morgan fingerprint density at radius 2 is 1.15 bits per heavy atom. The van der Waals surface area contributed by atoms with Crippen molar-refractivity contribution in [1.29, 1.82) is 0 Å². The number of carbonyl (C=O) groups excluding carboxylic acids is 7. The first-order chi connectivity index (χ1) is 28.4. The molecule has 0 saturated heterocycles. The van der Waals surface area contributed by atoms with Gasteiger partial charge in [0.2, 0.25) is 24.5 Å². The van der Waals surface area contributed by atoms with Gasteiger partial charge in [-0.15, -0.1) is 0 Å². The van der Waals surface area contributed by atoms with Gasteiger partial charge in [-0.2, -0.15) is 0 Å². The zero-order valence-electron chi connectivity index (χ0n) is 34.7. The van der Waals surface area contributed by atoms with Gasteiger partial charge < -0.3 is 50.6 Å². The summed E-state index contributed by atoms with van der Waals surface area (Å²) in [7, 11) is 0. The van der Waals surface area contributed by atoms with Crippen molar-refractivity contribution in [2.24, 2.45) is 5.92 Å². The smallest absolute Gasteiger partial charge is 0.410 e. The number of rotatable bonds is 20. The lowest BCUT2D eigenvalue weighted by atomic mass is 10.0. The molecule has 0 aliphatic carbocycles. The lowest BCUT2D eigenvalue weighted by molar-refractivity contribution is -0.158. The van der Waals surface area contributed by atoms with Crippen molar-refractivity contribution in [3.63, 3.8) is 0 Å². The lowest BCUT2D eigenvalue weighted by Gasteiger charge is -2.25. The average molecular weight is 834 g/mol. The zero-order valence-corrected chi connectivity index (χ0v) is 34.7. The van der Waals surface area contributed by atoms with E-state index in [1.165, 1.54) is 31.2 Å². The highest BCUT2D eigenvalue weighted by Gasteiger charge is 2.29. The number of esters is 2. The minimum absolute atomic E-state index is 0.0216. The first-order valence-electron chi connectivity index (χ1n) is 19.4. The lowest BCUT2D eigenvalue weighted by Crippen LogP contribution is -2.54. The molecule has 0 radical (unpaired) electrons. The summed E-state index contributed by atoms with van der Waals surface area (Å²) in [4.78, 5) is 90.5. The van der Waals surface area contributed by atoms with Crippen LogP contribution < -0.4 is 26.6 Å². The number of ether oxygens (including phenoxy) is 4. The average Bonchev–Trinajstić information content (AvgIpc) is 3.19. The Hall–Kier alpha value is -6.65. The third-order valence-electron chi connectivity index (χ3n) is 8.36. The number of amides is 5. The van der Waals surface area contributed by atoms with Crippen LogP contribution in [0.15, 0.2) is 84.9 Å². The van der Waals surface area contributed by atoms with Crippen molar-refractivity contribution in [2.45, 2.75) is 97.2 Å². The van der Waals surface area contributed by atoms with Crippen molar-refractivity contribution < 1.29 is 57.6 Å². The molecular weight excluding hydrogens is 778 g/mol. The highest BCUT2D eigenvalue weighted by atomic mass is 16.7. The molecule has 17 nitrogen and oxygen atoms in total. The molecule has 0 aliphatic heterocycles. The summed E-state index contributed by atoms with van der Waals surface area (Å²) in [6.07, 6.45) is -1.78. The van der Waals surface area contributed by atoms with Crippen molar-refractivity contribution in [3.8, 4) is 5.75 Å². The second kappa shape index (κ2) is 23.7. The van der Waals surface area contributed by atoms with Gasteiger partial charge in [0.1, 0.15) is 42.1 Å². The normalized spacial score (nSPS) is 13.0. The molecule has 0 heterocycles. The molecule has 5 amide bonds. The summed E-state index contributed by atoms with van der Waals surface area (Å²) < 4.78 is 20.8. The zero-order chi connectivity index (χ0) is 44.2. The predicted octanol–water partition coefficient (Wildman–Crippen LogP) is 3.56. The molecule has 6 N–H and O–H groups in total. The molecular formula is C43H55N5O12. The molecule has 0 saturated carbocycles. The molecule has 3 rings (SSSR count). The van der Waals surface area contributed by atoms with Gasteiger partial charge in [-0.25, -0.2) is 19.2 Å². The van der Waals surface area contributed by atoms with Crippen LogP contribution in [0.25, 0.3) is 0 Å². The molecule has 17 heteroatoms. The van der Waals surface area contributed by atoms with Crippen molar-refractivity contribution in [3.05, 3.63) is 102 Å². The monoisotopic (exact) mass is 833 g/mol. The van der Waals surface area contributed by atoms with Crippen LogP contribution in [0.1, 0.15) is 64.7 Å². The van der Waals surface area contributed by atoms with Gasteiger partial charge in [0.15, 0.2) is 0 Å². The van der Waals surface area contributed by atoms with Crippen LogP contribution in [0.4, 0.5) is 9.59 Å². The number of phenolic OH excluding ortho intramolecular Hbond substituents is 1. The van der Waals surface area contributed by atoms with Gasteiger partial charge in [0, 0.05) is 12.8 Å². The molecule has 0 aliphatic rings. The molecule has 0 bridgehead atoms. The van der Waals surface area contributed by atoms with Crippen LogP contribution in [0.2, 0.25) is 0 Å².